The fourth-order valence-corrected chi connectivity index (χ4v) is 2.29. The molecule has 96 valence electrons. The molecule has 1 aromatic rings. The van der Waals surface area contributed by atoms with E-state index in [2.05, 4.69) is 39.0 Å². The predicted octanol–water partition coefficient (Wildman–Crippen LogP) is 3.04. The Hall–Kier alpha value is -0.670. The molecule has 0 fully saturated rings. The summed E-state index contributed by atoms with van der Waals surface area (Å²) in [5, 5.41) is 8.89. The van der Waals surface area contributed by atoms with E-state index in [9.17, 15) is 0 Å². The lowest BCUT2D eigenvalue weighted by atomic mass is 10.1. The summed E-state index contributed by atoms with van der Waals surface area (Å²) < 4.78 is 5.75. The number of hydrogen-bond donors (Lipinski definition) is 1. The molecule has 0 bridgehead atoms. The van der Waals surface area contributed by atoms with Gasteiger partial charge in [-0.15, -0.1) is 0 Å². The first kappa shape index (κ1) is 14.4. The van der Waals surface area contributed by atoms with Crippen molar-refractivity contribution in [2.75, 3.05) is 24.7 Å². The molecule has 1 unspecified atom stereocenters. The summed E-state index contributed by atoms with van der Waals surface area (Å²) in [5.74, 6) is 3.33. The van der Waals surface area contributed by atoms with Crippen molar-refractivity contribution in [3.05, 3.63) is 29.3 Å². The second-order valence-electron chi connectivity index (χ2n) is 4.48. The van der Waals surface area contributed by atoms with Crippen molar-refractivity contribution in [1.82, 2.24) is 0 Å². The van der Waals surface area contributed by atoms with E-state index in [1.807, 2.05) is 11.8 Å². The van der Waals surface area contributed by atoms with E-state index >= 15 is 0 Å². The van der Waals surface area contributed by atoms with Gasteiger partial charge in [-0.25, -0.2) is 0 Å². The van der Waals surface area contributed by atoms with E-state index < -0.39 is 0 Å². The minimum Gasteiger partial charge on any atom is -0.492 e. The smallest absolute Gasteiger partial charge is 0.122 e. The maximum atomic E-state index is 8.89. The van der Waals surface area contributed by atoms with Gasteiger partial charge in [0.15, 0.2) is 0 Å². The van der Waals surface area contributed by atoms with Crippen LogP contribution in [0, 0.1) is 19.8 Å². The minimum absolute atomic E-state index is 0.269. The van der Waals surface area contributed by atoms with Crippen LogP contribution in [0.2, 0.25) is 0 Å². The van der Waals surface area contributed by atoms with Crippen molar-refractivity contribution in [2.24, 2.45) is 5.92 Å². The Labute approximate surface area is 108 Å². The van der Waals surface area contributed by atoms with Crippen LogP contribution in [0.25, 0.3) is 0 Å². The number of aliphatic hydroxyl groups excluding tert-OH is 1. The number of aryl methyl sites for hydroxylation is 2. The molecule has 1 rings (SSSR count). The zero-order valence-electron chi connectivity index (χ0n) is 10.9. The molecule has 3 heteroatoms. The van der Waals surface area contributed by atoms with E-state index in [1.54, 1.807) is 0 Å². The quantitative estimate of drug-likeness (QED) is 0.758. The Bertz CT molecular complexity index is 339. The van der Waals surface area contributed by atoms with Gasteiger partial charge in [0.1, 0.15) is 5.75 Å². The third-order valence-corrected chi connectivity index (χ3v) is 3.80. The van der Waals surface area contributed by atoms with Crippen LogP contribution in [0.5, 0.6) is 5.75 Å². The highest BCUT2D eigenvalue weighted by Crippen LogP contribution is 2.19. The summed E-state index contributed by atoms with van der Waals surface area (Å²) >= 11 is 1.83. The number of thioether (sulfide) groups is 1. The lowest BCUT2D eigenvalue weighted by Gasteiger charge is -2.11. The van der Waals surface area contributed by atoms with Crippen LogP contribution >= 0.6 is 11.8 Å². The van der Waals surface area contributed by atoms with Crippen LogP contribution in [0.15, 0.2) is 18.2 Å². The second kappa shape index (κ2) is 7.62. The summed E-state index contributed by atoms with van der Waals surface area (Å²) in [4.78, 5) is 0. The van der Waals surface area contributed by atoms with E-state index in [0.717, 1.165) is 23.9 Å². The molecule has 1 N–H and O–H groups in total. The zero-order valence-corrected chi connectivity index (χ0v) is 11.7. The molecule has 1 aromatic carbocycles. The molecular formula is C14H22O2S. The van der Waals surface area contributed by atoms with Crippen molar-refractivity contribution in [3.8, 4) is 5.75 Å². The SMILES string of the molecule is Cc1ccc(C)c(OCCSCC(C)CO)c1. The van der Waals surface area contributed by atoms with Crippen molar-refractivity contribution in [1.29, 1.82) is 0 Å². The van der Waals surface area contributed by atoms with Crippen LogP contribution in [-0.2, 0) is 0 Å². The fourth-order valence-electron chi connectivity index (χ4n) is 1.41. The van der Waals surface area contributed by atoms with Crippen LogP contribution in [0.1, 0.15) is 18.1 Å². The zero-order chi connectivity index (χ0) is 12.7. The Kier molecular flexibility index (Phi) is 6.45. The average molecular weight is 254 g/mol. The molecule has 0 amide bonds. The number of rotatable bonds is 7. The van der Waals surface area contributed by atoms with Crippen LogP contribution in [0.4, 0.5) is 0 Å². The van der Waals surface area contributed by atoms with E-state index in [4.69, 9.17) is 9.84 Å². The van der Waals surface area contributed by atoms with Crippen molar-refractivity contribution in [3.63, 3.8) is 0 Å². The highest BCUT2D eigenvalue weighted by molar-refractivity contribution is 7.99. The number of benzene rings is 1. The molecule has 0 aliphatic heterocycles. The summed E-state index contributed by atoms with van der Waals surface area (Å²) in [6.07, 6.45) is 0. The Morgan fingerprint density at radius 3 is 2.82 bits per heavy atom. The monoisotopic (exact) mass is 254 g/mol. The van der Waals surface area contributed by atoms with Gasteiger partial charge in [0.05, 0.1) is 6.61 Å². The Morgan fingerprint density at radius 1 is 1.35 bits per heavy atom. The lowest BCUT2D eigenvalue weighted by molar-refractivity contribution is 0.250. The summed E-state index contributed by atoms with van der Waals surface area (Å²) in [6.45, 7) is 7.19. The van der Waals surface area contributed by atoms with Gasteiger partial charge in [-0.3, -0.25) is 0 Å². The lowest BCUT2D eigenvalue weighted by Crippen LogP contribution is -2.07. The first-order chi connectivity index (χ1) is 8.13. The van der Waals surface area contributed by atoms with Gasteiger partial charge in [0, 0.05) is 12.4 Å². The molecule has 1 atom stereocenters. The predicted molar refractivity (Wildman–Crippen MR) is 75.0 cm³/mol. The molecule has 17 heavy (non-hydrogen) atoms. The topological polar surface area (TPSA) is 29.5 Å². The number of hydrogen-bond acceptors (Lipinski definition) is 3. The second-order valence-corrected chi connectivity index (χ2v) is 5.63. The number of ether oxygens (including phenoxy) is 1. The van der Waals surface area contributed by atoms with Crippen molar-refractivity contribution >= 4 is 11.8 Å². The third kappa shape index (κ3) is 5.46. The third-order valence-electron chi connectivity index (χ3n) is 2.54. The highest BCUT2D eigenvalue weighted by atomic mass is 32.2. The summed E-state index contributed by atoms with van der Waals surface area (Å²) in [6, 6.07) is 6.27. The van der Waals surface area contributed by atoms with E-state index in [1.165, 1.54) is 11.1 Å². The van der Waals surface area contributed by atoms with Gasteiger partial charge in [-0.05, 0) is 42.7 Å². The van der Waals surface area contributed by atoms with Crippen molar-refractivity contribution < 1.29 is 9.84 Å². The normalized spacial score (nSPS) is 12.5. The maximum Gasteiger partial charge on any atom is 0.122 e. The van der Waals surface area contributed by atoms with Gasteiger partial charge >= 0.3 is 0 Å². The molecule has 0 heterocycles. The molecule has 0 saturated heterocycles. The maximum absolute atomic E-state index is 8.89. The van der Waals surface area contributed by atoms with Crippen molar-refractivity contribution in [2.45, 2.75) is 20.8 Å². The Balaban J connectivity index is 2.24. The van der Waals surface area contributed by atoms with Crippen LogP contribution < -0.4 is 4.74 Å². The van der Waals surface area contributed by atoms with Gasteiger partial charge in [0.2, 0.25) is 0 Å². The average Bonchev–Trinajstić information content (AvgIpc) is 2.32. The molecule has 0 aromatic heterocycles. The molecule has 2 nitrogen and oxygen atoms in total. The summed E-state index contributed by atoms with van der Waals surface area (Å²) in [7, 11) is 0. The van der Waals surface area contributed by atoms with Crippen LogP contribution in [0.3, 0.4) is 0 Å². The molecule has 0 radical (unpaired) electrons. The largest absolute Gasteiger partial charge is 0.492 e. The van der Waals surface area contributed by atoms with E-state index in [0.29, 0.717) is 5.92 Å². The Morgan fingerprint density at radius 2 is 2.12 bits per heavy atom. The van der Waals surface area contributed by atoms with Gasteiger partial charge < -0.3 is 9.84 Å². The fraction of sp³-hybridized carbons (Fsp3) is 0.571. The standard InChI is InChI=1S/C14H22O2S/c1-11-4-5-13(3)14(8-11)16-6-7-17-10-12(2)9-15/h4-5,8,12,15H,6-7,9-10H2,1-3H3. The molecule has 0 saturated carbocycles. The minimum atomic E-state index is 0.269. The molecule has 0 aliphatic carbocycles. The van der Waals surface area contributed by atoms with Crippen LogP contribution in [-0.4, -0.2) is 29.8 Å². The molecule has 0 spiro atoms. The van der Waals surface area contributed by atoms with Gasteiger partial charge in [-0.1, -0.05) is 19.1 Å². The summed E-state index contributed by atoms with van der Waals surface area (Å²) in [5.41, 5.74) is 2.41. The number of aliphatic hydroxyl groups is 1. The molecule has 0 aliphatic rings. The van der Waals surface area contributed by atoms with E-state index in [-0.39, 0.29) is 6.61 Å². The van der Waals surface area contributed by atoms with Gasteiger partial charge in [-0.2, -0.15) is 11.8 Å². The highest BCUT2D eigenvalue weighted by Gasteiger charge is 2.01. The molecular weight excluding hydrogens is 232 g/mol. The first-order valence-electron chi connectivity index (χ1n) is 6.02. The first-order valence-corrected chi connectivity index (χ1v) is 7.17. The van der Waals surface area contributed by atoms with Gasteiger partial charge in [0.25, 0.3) is 0 Å².